The van der Waals surface area contributed by atoms with Gasteiger partial charge in [0.25, 0.3) is 5.91 Å². The molecule has 15 heavy (non-hydrogen) atoms. The summed E-state index contributed by atoms with van der Waals surface area (Å²) >= 11 is 1.29. The van der Waals surface area contributed by atoms with Gasteiger partial charge >= 0.3 is 0 Å². The molecule has 0 aromatic carbocycles. The molecule has 4 nitrogen and oxygen atoms in total. The number of hydrogen-bond donors (Lipinski definition) is 2. The summed E-state index contributed by atoms with van der Waals surface area (Å²) in [5, 5.41) is 12.2. The molecule has 5 heteroatoms. The second kappa shape index (κ2) is 4.28. The predicted molar refractivity (Wildman–Crippen MR) is 60.1 cm³/mol. The molecule has 1 heterocycles. The SMILES string of the molecule is Cc1cc(C(=O)NC(C)(C)C(C)O)ns1. The number of carbonyl (C=O) groups is 1. The van der Waals surface area contributed by atoms with Gasteiger partial charge in [-0.1, -0.05) is 0 Å². The van der Waals surface area contributed by atoms with E-state index in [1.807, 2.05) is 6.92 Å². The van der Waals surface area contributed by atoms with Crippen LogP contribution in [0.25, 0.3) is 0 Å². The van der Waals surface area contributed by atoms with Crippen LogP contribution < -0.4 is 5.32 Å². The number of nitrogens with one attached hydrogen (secondary N) is 1. The molecule has 1 aromatic rings. The molecule has 0 fully saturated rings. The van der Waals surface area contributed by atoms with Gasteiger partial charge in [-0.25, -0.2) is 0 Å². The van der Waals surface area contributed by atoms with E-state index < -0.39 is 11.6 Å². The third-order valence-electron chi connectivity index (χ3n) is 2.34. The molecule has 0 bridgehead atoms. The Balaban J connectivity index is 2.72. The summed E-state index contributed by atoms with van der Waals surface area (Å²) in [5.41, 5.74) is -0.236. The van der Waals surface area contributed by atoms with Crippen LogP contribution in [0.1, 0.15) is 36.1 Å². The van der Waals surface area contributed by atoms with Gasteiger partial charge in [0.1, 0.15) is 5.69 Å². The van der Waals surface area contributed by atoms with Crippen molar-refractivity contribution in [3.8, 4) is 0 Å². The highest BCUT2D eigenvalue weighted by Crippen LogP contribution is 2.12. The van der Waals surface area contributed by atoms with Gasteiger partial charge in [0.15, 0.2) is 0 Å². The number of aryl methyl sites for hydroxylation is 1. The molecule has 0 saturated carbocycles. The fourth-order valence-electron chi connectivity index (χ4n) is 0.934. The van der Waals surface area contributed by atoms with Gasteiger partial charge in [-0.3, -0.25) is 4.79 Å². The van der Waals surface area contributed by atoms with Crippen LogP contribution >= 0.6 is 11.5 Å². The highest BCUT2D eigenvalue weighted by molar-refractivity contribution is 7.05. The van der Waals surface area contributed by atoms with E-state index in [4.69, 9.17) is 0 Å². The Hall–Kier alpha value is -0.940. The van der Waals surface area contributed by atoms with Gasteiger partial charge in [0.2, 0.25) is 0 Å². The lowest BCUT2D eigenvalue weighted by molar-refractivity contribution is 0.0706. The van der Waals surface area contributed by atoms with Crippen LogP contribution in [0.3, 0.4) is 0 Å². The van der Waals surface area contributed by atoms with E-state index in [-0.39, 0.29) is 5.91 Å². The van der Waals surface area contributed by atoms with Gasteiger partial charge in [-0.05, 0) is 45.3 Å². The Kier molecular flexibility index (Phi) is 3.46. The lowest BCUT2D eigenvalue weighted by Crippen LogP contribution is -2.51. The molecule has 1 unspecified atom stereocenters. The zero-order chi connectivity index (χ0) is 11.6. The molecule has 1 rings (SSSR count). The Labute approximate surface area is 93.5 Å². The van der Waals surface area contributed by atoms with E-state index in [1.165, 1.54) is 11.5 Å². The third-order valence-corrected chi connectivity index (χ3v) is 3.03. The molecule has 2 N–H and O–H groups in total. The lowest BCUT2D eigenvalue weighted by Gasteiger charge is -2.28. The van der Waals surface area contributed by atoms with Crippen molar-refractivity contribution >= 4 is 17.4 Å². The summed E-state index contributed by atoms with van der Waals surface area (Å²) in [7, 11) is 0. The largest absolute Gasteiger partial charge is 0.391 e. The van der Waals surface area contributed by atoms with Crippen molar-refractivity contribution in [2.75, 3.05) is 0 Å². The number of carbonyl (C=O) groups excluding carboxylic acids is 1. The molecule has 0 radical (unpaired) electrons. The first-order chi connectivity index (χ1) is 6.83. The summed E-state index contributed by atoms with van der Waals surface area (Å²) in [6.07, 6.45) is -0.610. The summed E-state index contributed by atoms with van der Waals surface area (Å²) < 4.78 is 4.01. The van der Waals surface area contributed by atoms with Crippen molar-refractivity contribution in [3.63, 3.8) is 0 Å². The topological polar surface area (TPSA) is 62.2 Å². The molecule has 0 aliphatic heterocycles. The highest BCUT2D eigenvalue weighted by atomic mass is 32.1. The fraction of sp³-hybridized carbons (Fsp3) is 0.600. The molecular formula is C10H16N2O2S. The molecule has 0 aliphatic carbocycles. The summed E-state index contributed by atoms with van der Waals surface area (Å²) in [6, 6.07) is 1.73. The quantitative estimate of drug-likeness (QED) is 0.820. The fourth-order valence-corrected chi connectivity index (χ4v) is 1.48. The first kappa shape index (κ1) is 12.1. The zero-order valence-corrected chi connectivity index (χ0v) is 10.2. The minimum atomic E-state index is -0.644. The van der Waals surface area contributed by atoms with Gasteiger partial charge < -0.3 is 10.4 Å². The summed E-state index contributed by atoms with van der Waals surface area (Å²) in [6.45, 7) is 7.09. The van der Waals surface area contributed by atoms with Crippen LogP contribution in [0.5, 0.6) is 0 Å². The monoisotopic (exact) mass is 228 g/mol. The summed E-state index contributed by atoms with van der Waals surface area (Å²) in [5.74, 6) is -0.245. The van der Waals surface area contributed by atoms with Crippen LogP contribution in [0.2, 0.25) is 0 Å². The molecule has 0 spiro atoms. The van der Waals surface area contributed by atoms with Crippen molar-refractivity contribution < 1.29 is 9.90 Å². The van der Waals surface area contributed by atoms with Gasteiger partial charge in [-0.15, -0.1) is 0 Å². The Morgan fingerprint density at radius 2 is 2.27 bits per heavy atom. The van der Waals surface area contributed by atoms with Crippen molar-refractivity contribution in [2.24, 2.45) is 0 Å². The molecule has 1 amide bonds. The predicted octanol–water partition coefficient (Wildman–Crippen LogP) is 1.34. The Bertz CT molecular complexity index is 358. The second-order valence-corrected chi connectivity index (χ2v) is 5.18. The smallest absolute Gasteiger partial charge is 0.271 e. The maximum Gasteiger partial charge on any atom is 0.271 e. The Morgan fingerprint density at radius 1 is 1.67 bits per heavy atom. The number of aliphatic hydroxyl groups excluding tert-OH is 1. The van der Waals surface area contributed by atoms with Gasteiger partial charge in [0, 0.05) is 4.88 Å². The van der Waals surface area contributed by atoms with Crippen LogP contribution in [-0.2, 0) is 0 Å². The average Bonchev–Trinajstić information content (AvgIpc) is 2.50. The maximum absolute atomic E-state index is 11.7. The number of amides is 1. The first-order valence-electron chi connectivity index (χ1n) is 4.77. The van der Waals surface area contributed by atoms with Gasteiger partial charge in [-0.2, -0.15) is 4.37 Å². The van der Waals surface area contributed by atoms with E-state index in [9.17, 15) is 9.90 Å². The molecular weight excluding hydrogens is 212 g/mol. The van der Waals surface area contributed by atoms with Gasteiger partial charge in [0.05, 0.1) is 11.6 Å². The van der Waals surface area contributed by atoms with E-state index in [2.05, 4.69) is 9.69 Å². The van der Waals surface area contributed by atoms with Crippen LogP contribution in [0.4, 0.5) is 0 Å². The van der Waals surface area contributed by atoms with Crippen molar-refractivity contribution in [2.45, 2.75) is 39.3 Å². The first-order valence-corrected chi connectivity index (χ1v) is 5.54. The van der Waals surface area contributed by atoms with Crippen LogP contribution in [0, 0.1) is 6.92 Å². The minimum absolute atomic E-state index is 0.245. The molecule has 0 aliphatic rings. The van der Waals surface area contributed by atoms with Crippen molar-refractivity contribution in [3.05, 3.63) is 16.6 Å². The molecule has 1 atom stereocenters. The van der Waals surface area contributed by atoms with E-state index >= 15 is 0 Å². The zero-order valence-electron chi connectivity index (χ0n) is 9.37. The number of aliphatic hydroxyl groups is 1. The lowest BCUT2D eigenvalue weighted by atomic mass is 9.98. The van der Waals surface area contributed by atoms with E-state index in [0.717, 1.165) is 4.88 Å². The minimum Gasteiger partial charge on any atom is -0.391 e. The Morgan fingerprint density at radius 3 is 2.67 bits per heavy atom. The van der Waals surface area contributed by atoms with Crippen molar-refractivity contribution in [1.82, 2.24) is 9.69 Å². The standard InChI is InChI=1S/C10H16N2O2S/c1-6-5-8(12-15-6)9(14)11-10(3,4)7(2)13/h5,7,13H,1-4H3,(H,11,14). The van der Waals surface area contributed by atoms with Crippen LogP contribution in [-0.4, -0.2) is 27.0 Å². The number of nitrogens with zero attached hydrogens (tertiary/aromatic N) is 1. The average molecular weight is 228 g/mol. The number of aromatic nitrogens is 1. The normalized spacial score (nSPS) is 13.7. The maximum atomic E-state index is 11.7. The molecule has 1 aromatic heterocycles. The number of hydrogen-bond acceptors (Lipinski definition) is 4. The third kappa shape index (κ3) is 3.00. The van der Waals surface area contributed by atoms with E-state index in [0.29, 0.717) is 5.69 Å². The highest BCUT2D eigenvalue weighted by Gasteiger charge is 2.27. The second-order valence-electron chi connectivity index (χ2n) is 4.17. The number of rotatable bonds is 3. The molecule has 0 saturated heterocycles. The van der Waals surface area contributed by atoms with Crippen LogP contribution in [0.15, 0.2) is 6.07 Å². The van der Waals surface area contributed by atoms with Crippen molar-refractivity contribution in [1.29, 1.82) is 0 Å². The summed E-state index contributed by atoms with van der Waals surface area (Å²) in [4.78, 5) is 12.7. The van der Waals surface area contributed by atoms with E-state index in [1.54, 1.807) is 26.8 Å². The molecule has 84 valence electrons.